The molecule has 1 fully saturated rings. The summed E-state index contributed by atoms with van der Waals surface area (Å²) < 4.78 is 0. The van der Waals surface area contributed by atoms with Gasteiger partial charge < -0.3 is 26.2 Å². The molecule has 0 aromatic heterocycles. The number of nitrogens with two attached hydrogens (primary N) is 1. The summed E-state index contributed by atoms with van der Waals surface area (Å²) in [5, 5.41) is 20.8. The van der Waals surface area contributed by atoms with E-state index in [1.165, 1.54) is 4.90 Å². The summed E-state index contributed by atoms with van der Waals surface area (Å²) in [5.41, 5.74) is 5.40. The minimum atomic E-state index is -1.01. The molecule has 0 aliphatic carbocycles. The van der Waals surface area contributed by atoms with Gasteiger partial charge in [0, 0.05) is 6.54 Å². The first-order chi connectivity index (χ1) is 10.3. The SMILES string of the molecule is C[C@H](NCCCC[C@H](N)C(=O)O)C(=O)N1CCC[C@H]1C(=O)O. The molecule has 5 N–H and O–H groups in total. The first-order valence-electron chi connectivity index (χ1n) is 7.59. The molecule has 1 heterocycles. The van der Waals surface area contributed by atoms with Gasteiger partial charge in [0.15, 0.2) is 0 Å². The molecule has 0 aromatic rings. The first-order valence-corrected chi connectivity index (χ1v) is 7.59. The van der Waals surface area contributed by atoms with Crippen molar-refractivity contribution in [1.82, 2.24) is 10.2 Å². The van der Waals surface area contributed by atoms with Crippen molar-refractivity contribution in [2.45, 2.75) is 57.2 Å². The lowest BCUT2D eigenvalue weighted by Gasteiger charge is -2.25. The number of carboxylic acids is 2. The maximum Gasteiger partial charge on any atom is 0.326 e. The number of rotatable bonds is 9. The van der Waals surface area contributed by atoms with Gasteiger partial charge >= 0.3 is 11.9 Å². The number of amides is 1. The van der Waals surface area contributed by atoms with Crippen molar-refractivity contribution in [2.24, 2.45) is 5.73 Å². The Kier molecular flexibility index (Phi) is 7.26. The van der Waals surface area contributed by atoms with E-state index in [0.717, 1.165) is 0 Å². The van der Waals surface area contributed by atoms with E-state index in [1.54, 1.807) is 6.92 Å². The summed E-state index contributed by atoms with van der Waals surface area (Å²) in [5.74, 6) is -2.17. The summed E-state index contributed by atoms with van der Waals surface area (Å²) >= 11 is 0. The maximum absolute atomic E-state index is 12.2. The first kappa shape index (κ1) is 18.4. The number of nitrogens with zero attached hydrogens (tertiary/aromatic N) is 1. The number of hydrogen-bond acceptors (Lipinski definition) is 5. The standard InChI is InChI=1S/C14H25N3O5/c1-9(16-7-3-2-5-10(15)13(19)20)12(18)17-8-4-6-11(17)14(21)22/h9-11,16H,2-8,15H2,1H3,(H,19,20)(H,21,22)/t9-,10-,11-/m0/s1. The average molecular weight is 315 g/mol. The normalized spacial score (nSPS) is 20.6. The van der Waals surface area contributed by atoms with Crippen molar-refractivity contribution >= 4 is 17.8 Å². The average Bonchev–Trinajstić information content (AvgIpc) is 2.94. The number of carbonyl (C=O) groups is 3. The van der Waals surface area contributed by atoms with Gasteiger partial charge in [-0.05, 0) is 39.2 Å². The number of aliphatic carboxylic acids is 2. The predicted molar refractivity (Wildman–Crippen MR) is 79.3 cm³/mol. The lowest BCUT2D eigenvalue weighted by Crippen LogP contribution is -2.49. The third kappa shape index (κ3) is 5.27. The van der Waals surface area contributed by atoms with E-state index >= 15 is 0 Å². The Hall–Kier alpha value is -1.67. The monoisotopic (exact) mass is 315 g/mol. The Morgan fingerprint density at radius 2 is 2.00 bits per heavy atom. The van der Waals surface area contributed by atoms with E-state index in [9.17, 15) is 14.4 Å². The third-order valence-corrected chi connectivity index (χ3v) is 3.90. The van der Waals surface area contributed by atoms with Crippen molar-refractivity contribution in [3.8, 4) is 0 Å². The van der Waals surface area contributed by atoms with Crippen molar-refractivity contribution in [3.05, 3.63) is 0 Å². The Morgan fingerprint density at radius 3 is 2.59 bits per heavy atom. The fraction of sp³-hybridized carbons (Fsp3) is 0.786. The van der Waals surface area contributed by atoms with Crippen LogP contribution in [0.3, 0.4) is 0 Å². The van der Waals surface area contributed by atoms with Crippen LogP contribution in [-0.2, 0) is 14.4 Å². The van der Waals surface area contributed by atoms with Gasteiger partial charge in [-0.1, -0.05) is 6.42 Å². The zero-order valence-corrected chi connectivity index (χ0v) is 12.8. The van der Waals surface area contributed by atoms with Gasteiger partial charge in [-0.2, -0.15) is 0 Å². The highest BCUT2D eigenvalue weighted by atomic mass is 16.4. The van der Waals surface area contributed by atoms with Crippen LogP contribution >= 0.6 is 0 Å². The van der Waals surface area contributed by atoms with E-state index in [2.05, 4.69) is 5.32 Å². The van der Waals surface area contributed by atoms with Crippen LogP contribution in [0.25, 0.3) is 0 Å². The highest BCUT2D eigenvalue weighted by molar-refractivity contribution is 5.87. The second-order valence-electron chi connectivity index (χ2n) is 5.64. The van der Waals surface area contributed by atoms with E-state index in [0.29, 0.717) is 45.2 Å². The van der Waals surface area contributed by atoms with Crippen LogP contribution in [0.5, 0.6) is 0 Å². The molecular formula is C14H25N3O5. The van der Waals surface area contributed by atoms with Gasteiger partial charge in [-0.3, -0.25) is 9.59 Å². The van der Waals surface area contributed by atoms with Gasteiger partial charge in [-0.25, -0.2) is 4.79 Å². The molecule has 8 heteroatoms. The molecule has 1 saturated heterocycles. The maximum atomic E-state index is 12.2. The predicted octanol–water partition coefficient (Wildman–Crippen LogP) is -0.378. The smallest absolute Gasteiger partial charge is 0.326 e. The van der Waals surface area contributed by atoms with Crippen molar-refractivity contribution < 1.29 is 24.6 Å². The van der Waals surface area contributed by atoms with Gasteiger partial charge in [0.1, 0.15) is 12.1 Å². The molecule has 0 spiro atoms. The molecule has 1 aliphatic rings. The second-order valence-corrected chi connectivity index (χ2v) is 5.64. The molecule has 0 aromatic carbocycles. The second kappa shape index (κ2) is 8.70. The van der Waals surface area contributed by atoms with Gasteiger partial charge in [0.2, 0.25) is 5.91 Å². The van der Waals surface area contributed by atoms with Crippen LogP contribution in [0.2, 0.25) is 0 Å². The minimum Gasteiger partial charge on any atom is -0.480 e. The zero-order valence-electron chi connectivity index (χ0n) is 12.8. The molecule has 1 amide bonds. The number of likely N-dealkylation sites (tertiary alicyclic amines) is 1. The van der Waals surface area contributed by atoms with Crippen LogP contribution in [-0.4, -0.2) is 64.2 Å². The summed E-state index contributed by atoms with van der Waals surface area (Å²) in [4.78, 5) is 35.3. The molecule has 0 radical (unpaired) electrons. The lowest BCUT2D eigenvalue weighted by molar-refractivity contribution is -0.148. The fourth-order valence-corrected chi connectivity index (χ4v) is 2.55. The number of nitrogens with one attached hydrogen (secondary N) is 1. The molecule has 1 aliphatic heterocycles. The summed E-state index contributed by atoms with van der Waals surface area (Å²) in [6.45, 7) is 2.75. The largest absolute Gasteiger partial charge is 0.480 e. The molecule has 126 valence electrons. The van der Waals surface area contributed by atoms with Gasteiger partial charge in [0.05, 0.1) is 6.04 Å². The minimum absolute atomic E-state index is 0.202. The number of carbonyl (C=O) groups excluding carboxylic acids is 1. The molecule has 22 heavy (non-hydrogen) atoms. The van der Waals surface area contributed by atoms with E-state index < -0.39 is 30.1 Å². The van der Waals surface area contributed by atoms with Crippen LogP contribution in [0.4, 0.5) is 0 Å². The van der Waals surface area contributed by atoms with Crippen LogP contribution in [0.1, 0.15) is 39.0 Å². The Morgan fingerprint density at radius 1 is 1.32 bits per heavy atom. The van der Waals surface area contributed by atoms with Crippen LogP contribution < -0.4 is 11.1 Å². The van der Waals surface area contributed by atoms with E-state index in [-0.39, 0.29) is 5.91 Å². The van der Waals surface area contributed by atoms with Gasteiger partial charge in [-0.15, -0.1) is 0 Å². The number of carboxylic acid groups (broad SMARTS) is 2. The molecule has 3 atom stereocenters. The highest BCUT2D eigenvalue weighted by Crippen LogP contribution is 2.18. The zero-order chi connectivity index (χ0) is 16.7. The topological polar surface area (TPSA) is 133 Å². The molecule has 8 nitrogen and oxygen atoms in total. The quantitative estimate of drug-likeness (QED) is 0.426. The van der Waals surface area contributed by atoms with E-state index in [1.807, 2.05) is 0 Å². The molecular weight excluding hydrogens is 290 g/mol. The summed E-state index contributed by atoms with van der Waals surface area (Å²) in [7, 11) is 0. The van der Waals surface area contributed by atoms with Gasteiger partial charge in [0.25, 0.3) is 0 Å². The molecule has 0 unspecified atom stereocenters. The Balaban J connectivity index is 2.27. The third-order valence-electron chi connectivity index (χ3n) is 3.90. The van der Waals surface area contributed by atoms with Crippen LogP contribution in [0.15, 0.2) is 0 Å². The van der Waals surface area contributed by atoms with Crippen LogP contribution in [0, 0.1) is 0 Å². The molecule has 0 bridgehead atoms. The van der Waals surface area contributed by atoms with Crippen molar-refractivity contribution in [2.75, 3.05) is 13.1 Å². The highest BCUT2D eigenvalue weighted by Gasteiger charge is 2.35. The number of unbranched alkanes of at least 4 members (excludes halogenated alkanes) is 1. The fourth-order valence-electron chi connectivity index (χ4n) is 2.55. The lowest BCUT2D eigenvalue weighted by atomic mass is 10.1. The van der Waals surface area contributed by atoms with Crippen molar-refractivity contribution in [1.29, 1.82) is 0 Å². The molecule has 1 rings (SSSR count). The summed E-state index contributed by atoms with van der Waals surface area (Å²) in [6.07, 6.45) is 2.97. The molecule has 0 saturated carbocycles. The van der Waals surface area contributed by atoms with E-state index in [4.69, 9.17) is 15.9 Å². The Labute approximate surface area is 129 Å². The Bertz CT molecular complexity index is 415. The summed E-state index contributed by atoms with van der Waals surface area (Å²) in [6, 6.07) is -2.02. The van der Waals surface area contributed by atoms with Crippen molar-refractivity contribution in [3.63, 3.8) is 0 Å². The number of hydrogen-bond donors (Lipinski definition) is 4.